The molecule has 88 valence electrons. The van der Waals surface area contributed by atoms with Crippen LogP contribution in [0, 0.1) is 6.92 Å². The first-order valence-electron chi connectivity index (χ1n) is 6.00. The monoisotopic (exact) mass is 239 g/mol. The summed E-state index contributed by atoms with van der Waals surface area (Å²) in [6.07, 6.45) is 4.69. The third-order valence-electron chi connectivity index (χ3n) is 3.15. The third kappa shape index (κ3) is 2.29. The minimum absolute atomic E-state index is 0.604. The fraction of sp³-hybridized carbons (Fsp3) is 0.667. The average Bonchev–Trinajstić information content (AvgIpc) is 2.33. The molecule has 2 rings (SSSR count). The normalized spacial score (nSPS) is 16.6. The Balaban J connectivity index is 2.29. The lowest BCUT2D eigenvalue weighted by atomic mass is 10.1. The van der Waals surface area contributed by atoms with E-state index in [9.17, 15) is 0 Å². The van der Waals surface area contributed by atoms with E-state index in [4.69, 9.17) is 11.6 Å². The molecule has 0 amide bonds. The van der Waals surface area contributed by atoms with E-state index in [2.05, 4.69) is 21.8 Å². The zero-order chi connectivity index (χ0) is 11.5. The van der Waals surface area contributed by atoms with Crippen LogP contribution in [0.1, 0.15) is 37.4 Å². The highest BCUT2D eigenvalue weighted by Crippen LogP contribution is 2.22. The quantitative estimate of drug-likeness (QED) is 0.743. The van der Waals surface area contributed by atoms with Crippen LogP contribution in [-0.2, 0) is 6.42 Å². The number of anilines is 1. The molecule has 1 fully saturated rings. The number of hydrogen-bond donors (Lipinski definition) is 0. The molecular weight excluding hydrogens is 222 g/mol. The van der Waals surface area contributed by atoms with Crippen molar-refractivity contribution in [2.24, 2.45) is 0 Å². The van der Waals surface area contributed by atoms with Gasteiger partial charge < -0.3 is 4.90 Å². The molecule has 1 aromatic rings. The topological polar surface area (TPSA) is 29.0 Å². The summed E-state index contributed by atoms with van der Waals surface area (Å²) in [6, 6.07) is 0. The van der Waals surface area contributed by atoms with Gasteiger partial charge in [0, 0.05) is 18.7 Å². The van der Waals surface area contributed by atoms with Gasteiger partial charge in [-0.3, -0.25) is 0 Å². The van der Waals surface area contributed by atoms with Crippen LogP contribution in [0.4, 0.5) is 5.95 Å². The van der Waals surface area contributed by atoms with Crippen molar-refractivity contribution in [1.82, 2.24) is 9.97 Å². The van der Waals surface area contributed by atoms with Gasteiger partial charge in [0.25, 0.3) is 0 Å². The molecule has 16 heavy (non-hydrogen) atoms. The van der Waals surface area contributed by atoms with Crippen LogP contribution in [-0.4, -0.2) is 23.1 Å². The van der Waals surface area contributed by atoms with Crippen molar-refractivity contribution in [1.29, 1.82) is 0 Å². The van der Waals surface area contributed by atoms with Gasteiger partial charge >= 0.3 is 0 Å². The van der Waals surface area contributed by atoms with Crippen LogP contribution in [0.25, 0.3) is 0 Å². The Bertz CT molecular complexity index is 373. The molecule has 0 saturated carbocycles. The summed E-state index contributed by atoms with van der Waals surface area (Å²) in [6.45, 7) is 6.21. The van der Waals surface area contributed by atoms with E-state index in [1.165, 1.54) is 19.3 Å². The second-order valence-corrected chi connectivity index (χ2v) is 4.65. The van der Waals surface area contributed by atoms with Gasteiger partial charge in [-0.15, -0.1) is 0 Å². The van der Waals surface area contributed by atoms with Gasteiger partial charge in [-0.05, 0) is 32.6 Å². The van der Waals surface area contributed by atoms with Crippen LogP contribution in [0.2, 0.25) is 5.15 Å². The number of piperidine rings is 1. The Morgan fingerprint density at radius 2 is 1.88 bits per heavy atom. The molecule has 1 saturated heterocycles. The zero-order valence-corrected chi connectivity index (χ0v) is 10.7. The van der Waals surface area contributed by atoms with Crippen LogP contribution >= 0.6 is 11.6 Å². The van der Waals surface area contributed by atoms with Gasteiger partial charge in [-0.2, -0.15) is 0 Å². The van der Waals surface area contributed by atoms with Gasteiger partial charge in [0.15, 0.2) is 0 Å². The summed E-state index contributed by atoms with van der Waals surface area (Å²) in [7, 11) is 0. The van der Waals surface area contributed by atoms with E-state index >= 15 is 0 Å². The minimum Gasteiger partial charge on any atom is -0.341 e. The van der Waals surface area contributed by atoms with Gasteiger partial charge in [-0.1, -0.05) is 18.5 Å². The van der Waals surface area contributed by atoms with E-state index in [0.29, 0.717) is 5.15 Å². The van der Waals surface area contributed by atoms with Crippen molar-refractivity contribution in [3.8, 4) is 0 Å². The van der Waals surface area contributed by atoms with E-state index in [1.807, 2.05) is 6.92 Å². The molecule has 3 nitrogen and oxygen atoms in total. The average molecular weight is 240 g/mol. The zero-order valence-electron chi connectivity index (χ0n) is 9.96. The number of nitrogens with zero attached hydrogens (tertiary/aromatic N) is 3. The molecule has 0 unspecified atom stereocenters. The van der Waals surface area contributed by atoms with Crippen molar-refractivity contribution in [2.75, 3.05) is 18.0 Å². The highest BCUT2D eigenvalue weighted by atomic mass is 35.5. The van der Waals surface area contributed by atoms with E-state index in [0.717, 1.165) is 36.7 Å². The summed E-state index contributed by atoms with van der Waals surface area (Å²) < 4.78 is 0. The number of halogens is 1. The first kappa shape index (κ1) is 11.6. The Morgan fingerprint density at radius 3 is 2.50 bits per heavy atom. The molecule has 0 spiro atoms. The molecule has 2 heterocycles. The molecule has 0 aromatic carbocycles. The van der Waals surface area contributed by atoms with Crippen LogP contribution in [0.5, 0.6) is 0 Å². The maximum absolute atomic E-state index is 6.14. The summed E-state index contributed by atoms with van der Waals surface area (Å²) in [5.41, 5.74) is 2.09. The van der Waals surface area contributed by atoms with Gasteiger partial charge in [0.1, 0.15) is 5.15 Å². The minimum atomic E-state index is 0.604. The number of aromatic nitrogens is 2. The van der Waals surface area contributed by atoms with Gasteiger partial charge in [-0.25, -0.2) is 9.97 Å². The molecule has 1 aliphatic heterocycles. The first-order valence-corrected chi connectivity index (χ1v) is 6.38. The molecule has 0 N–H and O–H groups in total. The van der Waals surface area contributed by atoms with Crippen molar-refractivity contribution in [3.63, 3.8) is 0 Å². The lowest BCUT2D eigenvalue weighted by molar-refractivity contribution is 0.567. The Labute approximate surface area is 102 Å². The Kier molecular flexibility index (Phi) is 3.64. The van der Waals surface area contributed by atoms with Crippen LogP contribution in [0.3, 0.4) is 0 Å². The number of rotatable bonds is 2. The number of aryl methyl sites for hydroxylation is 1. The molecule has 0 bridgehead atoms. The molecule has 1 aromatic heterocycles. The van der Waals surface area contributed by atoms with E-state index in [-0.39, 0.29) is 0 Å². The Hall–Kier alpha value is -0.830. The number of hydrogen-bond acceptors (Lipinski definition) is 3. The molecule has 0 atom stereocenters. The maximum atomic E-state index is 6.14. The Morgan fingerprint density at radius 1 is 1.19 bits per heavy atom. The molecule has 4 heteroatoms. The van der Waals surface area contributed by atoms with E-state index in [1.54, 1.807) is 0 Å². The largest absolute Gasteiger partial charge is 0.341 e. The van der Waals surface area contributed by atoms with Crippen LogP contribution < -0.4 is 4.90 Å². The first-order chi connectivity index (χ1) is 7.72. The SMILES string of the molecule is CCc1nc(N2CCCCC2)nc(Cl)c1C. The molecule has 0 radical (unpaired) electrons. The summed E-state index contributed by atoms with van der Waals surface area (Å²) in [5, 5.41) is 0.604. The van der Waals surface area contributed by atoms with Crippen molar-refractivity contribution in [2.45, 2.75) is 39.5 Å². The smallest absolute Gasteiger partial charge is 0.227 e. The second-order valence-electron chi connectivity index (χ2n) is 4.29. The summed E-state index contributed by atoms with van der Waals surface area (Å²) in [5.74, 6) is 0.812. The maximum Gasteiger partial charge on any atom is 0.227 e. The molecular formula is C12H18ClN3. The molecule has 1 aliphatic rings. The lowest BCUT2D eigenvalue weighted by Crippen LogP contribution is -2.31. The fourth-order valence-corrected chi connectivity index (χ4v) is 2.28. The summed E-state index contributed by atoms with van der Waals surface area (Å²) in [4.78, 5) is 11.2. The summed E-state index contributed by atoms with van der Waals surface area (Å²) >= 11 is 6.14. The highest BCUT2D eigenvalue weighted by Gasteiger charge is 2.16. The van der Waals surface area contributed by atoms with Gasteiger partial charge in [0.05, 0.1) is 5.69 Å². The lowest BCUT2D eigenvalue weighted by Gasteiger charge is -2.27. The van der Waals surface area contributed by atoms with Crippen LogP contribution in [0.15, 0.2) is 0 Å². The van der Waals surface area contributed by atoms with Crippen molar-refractivity contribution >= 4 is 17.5 Å². The van der Waals surface area contributed by atoms with Crippen molar-refractivity contribution in [3.05, 3.63) is 16.4 Å². The second kappa shape index (κ2) is 5.00. The third-order valence-corrected chi connectivity index (χ3v) is 3.52. The van der Waals surface area contributed by atoms with E-state index < -0.39 is 0 Å². The standard InChI is InChI=1S/C12H18ClN3/c1-3-10-9(2)11(13)15-12(14-10)16-7-5-4-6-8-16/h3-8H2,1-2H3. The predicted octanol–water partition coefficient (Wildman–Crippen LogP) is 2.99. The predicted molar refractivity (Wildman–Crippen MR) is 67.2 cm³/mol. The van der Waals surface area contributed by atoms with Crippen molar-refractivity contribution < 1.29 is 0 Å². The van der Waals surface area contributed by atoms with Gasteiger partial charge in [0.2, 0.25) is 5.95 Å². The fourth-order valence-electron chi connectivity index (χ4n) is 2.10. The highest BCUT2D eigenvalue weighted by molar-refractivity contribution is 6.30. The molecule has 0 aliphatic carbocycles.